The van der Waals surface area contributed by atoms with Gasteiger partial charge in [-0.15, -0.1) is 0 Å². The Hall–Kier alpha value is -3.87. The summed E-state index contributed by atoms with van der Waals surface area (Å²) in [7, 11) is 0. The number of rotatable bonds is 7. The maximum absolute atomic E-state index is 13.1. The van der Waals surface area contributed by atoms with Gasteiger partial charge in [0.25, 0.3) is 5.91 Å². The monoisotopic (exact) mass is 458 g/mol. The number of pyridine rings is 1. The van der Waals surface area contributed by atoms with Crippen molar-refractivity contribution in [3.05, 3.63) is 89.7 Å². The zero-order valence-corrected chi connectivity index (χ0v) is 19.4. The number of likely N-dealkylation sites (tertiary alicyclic amines) is 1. The van der Waals surface area contributed by atoms with E-state index in [9.17, 15) is 9.59 Å². The molecule has 1 atom stereocenters. The third-order valence-electron chi connectivity index (χ3n) is 5.88. The van der Waals surface area contributed by atoms with Crippen LogP contribution in [-0.2, 0) is 6.61 Å². The van der Waals surface area contributed by atoms with Crippen LogP contribution in [0.1, 0.15) is 34.3 Å². The van der Waals surface area contributed by atoms with E-state index in [1.165, 1.54) is 0 Å². The number of ether oxygens (including phenoxy) is 1. The average Bonchev–Trinajstić information content (AvgIpc) is 2.88. The van der Waals surface area contributed by atoms with Gasteiger partial charge in [0.1, 0.15) is 12.4 Å². The zero-order valence-electron chi connectivity index (χ0n) is 19.4. The molecule has 1 fully saturated rings. The molecule has 176 valence electrons. The molecule has 1 aliphatic rings. The van der Waals surface area contributed by atoms with Gasteiger partial charge in [0.2, 0.25) is 0 Å². The van der Waals surface area contributed by atoms with Gasteiger partial charge in [-0.1, -0.05) is 29.8 Å². The van der Waals surface area contributed by atoms with Gasteiger partial charge in [-0.2, -0.15) is 0 Å². The van der Waals surface area contributed by atoms with Crippen molar-refractivity contribution in [2.24, 2.45) is 5.92 Å². The number of nitrogens with zero attached hydrogens (tertiary/aromatic N) is 2. The second-order valence-corrected chi connectivity index (χ2v) is 8.64. The second-order valence-electron chi connectivity index (χ2n) is 8.64. The van der Waals surface area contributed by atoms with Crippen molar-refractivity contribution in [3.63, 3.8) is 0 Å². The van der Waals surface area contributed by atoms with Crippen molar-refractivity contribution in [1.82, 2.24) is 15.2 Å². The summed E-state index contributed by atoms with van der Waals surface area (Å²) in [5, 5.41) is 5.79. The zero-order chi connectivity index (χ0) is 23.8. The van der Waals surface area contributed by atoms with Crippen molar-refractivity contribution in [2.45, 2.75) is 26.4 Å². The van der Waals surface area contributed by atoms with E-state index in [0.717, 1.165) is 29.7 Å². The standard InChI is InChI=1S/C27H30N4O3/c1-20-9-11-24(12-10-20)30-27(33)29-17-21-6-4-14-31(18-21)26(32)23-7-2-8-25(15-23)34-19-22-5-3-13-28-16-22/h2-3,5,7-13,15-16,21H,4,6,14,17-19H2,1H3,(H2,29,30,33)/t21-/m0/s1. The molecule has 34 heavy (non-hydrogen) atoms. The number of benzene rings is 2. The van der Waals surface area contributed by atoms with E-state index >= 15 is 0 Å². The number of aromatic nitrogens is 1. The van der Waals surface area contributed by atoms with Crippen LogP contribution in [0.5, 0.6) is 5.75 Å². The molecule has 7 nitrogen and oxygen atoms in total. The highest BCUT2D eigenvalue weighted by Gasteiger charge is 2.25. The van der Waals surface area contributed by atoms with E-state index in [1.807, 2.05) is 66.4 Å². The van der Waals surface area contributed by atoms with Crippen molar-refractivity contribution in [2.75, 3.05) is 25.0 Å². The summed E-state index contributed by atoms with van der Waals surface area (Å²) < 4.78 is 5.85. The van der Waals surface area contributed by atoms with Crippen molar-refractivity contribution < 1.29 is 14.3 Å². The highest BCUT2D eigenvalue weighted by molar-refractivity contribution is 5.94. The summed E-state index contributed by atoms with van der Waals surface area (Å²) in [4.78, 5) is 31.4. The number of nitrogens with one attached hydrogen (secondary N) is 2. The Kier molecular flexibility index (Phi) is 7.75. The number of carbonyl (C=O) groups excluding carboxylic acids is 2. The molecule has 0 radical (unpaired) electrons. The van der Waals surface area contributed by atoms with Crippen LogP contribution in [0.4, 0.5) is 10.5 Å². The Morgan fingerprint density at radius 1 is 1.12 bits per heavy atom. The SMILES string of the molecule is Cc1ccc(NC(=O)NC[C@@H]2CCCN(C(=O)c3cccc(OCc4cccnc4)c3)C2)cc1. The summed E-state index contributed by atoms with van der Waals surface area (Å²) in [6, 6.07) is 18.6. The molecule has 1 aliphatic heterocycles. The molecular formula is C27H30N4O3. The van der Waals surface area contributed by atoms with Gasteiger partial charge in [0.05, 0.1) is 0 Å². The number of anilines is 1. The van der Waals surface area contributed by atoms with Gasteiger partial charge >= 0.3 is 6.03 Å². The number of hydrogen-bond acceptors (Lipinski definition) is 4. The first-order valence-corrected chi connectivity index (χ1v) is 11.6. The van der Waals surface area contributed by atoms with Gasteiger partial charge in [0, 0.05) is 48.8 Å². The van der Waals surface area contributed by atoms with Crippen LogP contribution in [0, 0.1) is 12.8 Å². The maximum Gasteiger partial charge on any atom is 0.319 e. The van der Waals surface area contributed by atoms with Gasteiger partial charge < -0.3 is 20.3 Å². The van der Waals surface area contributed by atoms with E-state index in [4.69, 9.17) is 4.74 Å². The lowest BCUT2D eigenvalue weighted by atomic mass is 9.97. The molecule has 0 unspecified atom stereocenters. The minimum absolute atomic E-state index is 0.0133. The molecule has 4 rings (SSSR count). The highest BCUT2D eigenvalue weighted by atomic mass is 16.5. The first-order valence-electron chi connectivity index (χ1n) is 11.6. The lowest BCUT2D eigenvalue weighted by molar-refractivity contribution is 0.0674. The molecule has 2 N–H and O–H groups in total. The summed E-state index contributed by atoms with van der Waals surface area (Å²) in [5.74, 6) is 0.852. The quantitative estimate of drug-likeness (QED) is 0.540. The molecule has 3 amide bonds. The predicted molar refractivity (Wildman–Crippen MR) is 132 cm³/mol. The molecule has 0 saturated carbocycles. The fourth-order valence-electron chi connectivity index (χ4n) is 4.02. The van der Waals surface area contributed by atoms with Crippen LogP contribution in [0.15, 0.2) is 73.1 Å². The lowest BCUT2D eigenvalue weighted by Gasteiger charge is -2.33. The third kappa shape index (κ3) is 6.57. The van der Waals surface area contributed by atoms with Crippen LogP contribution in [0.3, 0.4) is 0 Å². The van der Waals surface area contributed by atoms with E-state index in [0.29, 0.717) is 37.6 Å². The number of hydrogen-bond donors (Lipinski definition) is 2. The average molecular weight is 459 g/mol. The minimum atomic E-state index is -0.231. The summed E-state index contributed by atoms with van der Waals surface area (Å²) >= 11 is 0. The second kappa shape index (κ2) is 11.3. The van der Waals surface area contributed by atoms with E-state index in [-0.39, 0.29) is 17.9 Å². The Balaban J connectivity index is 1.28. The number of carbonyl (C=O) groups is 2. The topological polar surface area (TPSA) is 83.6 Å². The number of aryl methyl sites for hydroxylation is 1. The summed E-state index contributed by atoms with van der Waals surface area (Å²) in [5.41, 5.74) is 3.48. The van der Waals surface area contributed by atoms with Crippen LogP contribution < -0.4 is 15.4 Å². The number of piperidine rings is 1. The predicted octanol–water partition coefficient (Wildman–Crippen LogP) is 4.64. The summed E-state index contributed by atoms with van der Waals surface area (Å²) in [6.07, 6.45) is 5.37. The molecule has 2 heterocycles. The normalized spacial score (nSPS) is 15.4. The maximum atomic E-state index is 13.1. The number of amides is 3. The Labute approximate surface area is 200 Å². The van der Waals surface area contributed by atoms with Gasteiger partial charge in [0.15, 0.2) is 0 Å². The molecule has 0 bridgehead atoms. The molecule has 7 heteroatoms. The first kappa shape index (κ1) is 23.3. The van der Waals surface area contributed by atoms with Gasteiger partial charge in [-0.3, -0.25) is 9.78 Å². The molecule has 0 aliphatic carbocycles. The fraction of sp³-hybridized carbons (Fsp3) is 0.296. The Morgan fingerprint density at radius 2 is 1.97 bits per heavy atom. The van der Waals surface area contributed by atoms with Crippen molar-refractivity contribution >= 4 is 17.6 Å². The summed E-state index contributed by atoms with van der Waals surface area (Å²) in [6.45, 7) is 4.26. The Morgan fingerprint density at radius 3 is 2.76 bits per heavy atom. The molecule has 2 aromatic carbocycles. The smallest absolute Gasteiger partial charge is 0.319 e. The molecule has 3 aromatic rings. The van der Waals surface area contributed by atoms with Crippen LogP contribution in [0.25, 0.3) is 0 Å². The van der Waals surface area contributed by atoms with Crippen LogP contribution in [-0.4, -0.2) is 41.5 Å². The van der Waals surface area contributed by atoms with Crippen LogP contribution >= 0.6 is 0 Å². The van der Waals surface area contributed by atoms with Crippen LogP contribution in [0.2, 0.25) is 0 Å². The van der Waals surface area contributed by atoms with E-state index in [1.54, 1.807) is 18.5 Å². The van der Waals surface area contributed by atoms with E-state index < -0.39 is 0 Å². The molecule has 1 aromatic heterocycles. The lowest BCUT2D eigenvalue weighted by Crippen LogP contribution is -2.44. The van der Waals surface area contributed by atoms with Crippen molar-refractivity contribution in [1.29, 1.82) is 0 Å². The first-order chi connectivity index (χ1) is 16.6. The highest BCUT2D eigenvalue weighted by Crippen LogP contribution is 2.21. The number of urea groups is 1. The largest absolute Gasteiger partial charge is 0.489 e. The molecule has 0 spiro atoms. The van der Waals surface area contributed by atoms with Gasteiger partial charge in [-0.05, 0) is 62.1 Å². The minimum Gasteiger partial charge on any atom is -0.489 e. The molecular weight excluding hydrogens is 428 g/mol. The molecule has 1 saturated heterocycles. The van der Waals surface area contributed by atoms with E-state index in [2.05, 4.69) is 15.6 Å². The van der Waals surface area contributed by atoms with Gasteiger partial charge in [-0.25, -0.2) is 4.79 Å². The Bertz CT molecular complexity index is 1100. The third-order valence-corrected chi connectivity index (χ3v) is 5.88. The van der Waals surface area contributed by atoms with Crippen molar-refractivity contribution in [3.8, 4) is 5.75 Å². The fourth-order valence-corrected chi connectivity index (χ4v) is 4.02.